The van der Waals surface area contributed by atoms with E-state index >= 15 is 0 Å². The predicted octanol–water partition coefficient (Wildman–Crippen LogP) is 14.6. The second-order valence-corrected chi connectivity index (χ2v) is 14.5. The number of rotatable bonds is 39. The Bertz CT molecular complexity index is 1180. The first-order valence-electron chi connectivity index (χ1n) is 22.7. The minimum absolute atomic E-state index is 0.108. The molecule has 0 bridgehead atoms. The van der Waals surface area contributed by atoms with Gasteiger partial charge in [0.05, 0.1) is 0 Å². The van der Waals surface area contributed by atoms with Crippen LogP contribution in [0.15, 0.2) is 97.2 Å². The SMILES string of the molecule is CC/C=C\C/C=C\C/C=C\CCCCCC(=O)OCC(COC(=O)CCCCCCC/C=C\C/C=C\CCC)OC(=O)CCCCC/C=C\C/C=C\C/C=C\CC. The molecule has 0 aliphatic heterocycles. The second kappa shape index (κ2) is 45.0. The van der Waals surface area contributed by atoms with Crippen LogP contribution in [0.1, 0.15) is 188 Å². The fourth-order valence-electron chi connectivity index (χ4n) is 5.68. The molecule has 0 spiro atoms. The maximum absolute atomic E-state index is 12.7. The van der Waals surface area contributed by atoms with Crippen molar-refractivity contribution in [3.63, 3.8) is 0 Å². The highest BCUT2D eigenvalue weighted by molar-refractivity contribution is 5.71. The van der Waals surface area contributed by atoms with E-state index in [0.717, 1.165) is 141 Å². The number of esters is 3. The number of hydrogen-bond donors (Lipinski definition) is 0. The van der Waals surface area contributed by atoms with Crippen LogP contribution in [0.2, 0.25) is 0 Å². The van der Waals surface area contributed by atoms with Crippen LogP contribution in [-0.2, 0) is 28.6 Å². The van der Waals surface area contributed by atoms with Crippen LogP contribution in [0, 0.1) is 0 Å². The first kappa shape index (κ1) is 53.3. The van der Waals surface area contributed by atoms with Gasteiger partial charge >= 0.3 is 17.9 Å². The molecule has 322 valence electrons. The first-order valence-corrected chi connectivity index (χ1v) is 22.7. The molecule has 57 heavy (non-hydrogen) atoms. The molecule has 0 rings (SSSR count). The number of carbonyl (C=O) groups is 3. The van der Waals surface area contributed by atoms with Crippen molar-refractivity contribution in [2.75, 3.05) is 13.2 Å². The van der Waals surface area contributed by atoms with E-state index in [1.54, 1.807) is 0 Å². The van der Waals surface area contributed by atoms with E-state index in [0.29, 0.717) is 12.8 Å². The van der Waals surface area contributed by atoms with Gasteiger partial charge in [0.25, 0.3) is 0 Å². The number of ether oxygens (including phenoxy) is 3. The molecule has 0 aliphatic carbocycles. The maximum atomic E-state index is 12.7. The maximum Gasteiger partial charge on any atom is 0.306 e. The average Bonchev–Trinajstić information content (AvgIpc) is 3.21. The monoisotopic (exact) mass is 791 g/mol. The molecule has 0 saturated carbocycles. The van der Waals surface area contributed by atoms with Gasteiger partial charge in [0.1, 0.15) is 13.2 Å². The molecule has 0 aromatic carbocycles. The van der Waals surface area contributed by atoms with Crippen LogP contribution in [0.4, 0.5) is 0 Å². The Morgan fingerprint density at radius 2 is 0.684 bits per heavy atom. The Balaban J connectivity index is 4.52. The molecule has 0 amide bonds. The summed E-state index contributed by atoms with van der Waals surface area (Å²) in [6.07, 6.45) is 58.2. The normalized spacial score (nSPS) is 13.0. The molecule has 0 N–H and O–H groups in total. The molecule has 0 fully saturated rings. The topological polar surface area (TPSA) is 78.9 Å². The standard InChI is InChI=1S/C51H82O6/c1-4-7-10-13-16-19-22-25-28-31-34-37-40-43-49(52)55-46-48(57-51(54)45-42-39-36-33-30-27-24-21-18-15-12-9-6-3)47-56-50(53)44-41-38-35-32-29-26-23-20-17-14-11-8-5-2/h7,9-12,14,16,18-21,23,25,27-28,30,48H,4-6,8,13,15,17,22,24,26,29,31-47H2,1-3H3/b10-7-,12-9-,14-11-,19-16-,21-18-,23-20-,28-25-,30-27-. The third-order valence-corrected chi connectivity index (χ3v) is 9.03. The predicted molar refractivity (Wildman–Crippen MR) is 242 cm³/mol. The van der Waals surface area contributed by atoms with Gasteiger partial charge < -0.3 is 14.2 Å². The van der Waals surface area contributed by atoms with Gasteiger partial charge in [0.15, 0.2) is 6.10 Å². The zero-order valence-electron chi connectivity index (χ0n) is 36.6. The number of hydrogen-bond acceptors (Lipinski definition) is 6. The van der Waals surface area contributed by atoms with E-state index < -0.39 is 6.10 Å². The van der Waals surface area contributed by atoms with E-state index in [1.807, 2.05) is 0 Å². The summed E-state index contributed by atoms with van der Waals surface area (Å²) < 4.78 is 16.6. The molecule has 0 saturated heterocycles. The Kier molecular flexibility index (Phi) is 42.1. The lowest BCUT2D eigenvalue weighted by Gasteiger charge is -2.18. The van der Waals surface area contributed by atoms with E-state index in [1.165, 1.54) is 6.42 Å². The van der Waals surface area contributed by atoms with Crippen molar-refractivity contribution in [2.24, 2.45) is 0 Å². The molecule has 6 nitrogen and oxygen atoms in total. The average molecular weight is 791 g/mol. The van der Waals surface area contributed by atoms with E-state index in [2.05, 4.69) is 118 Å². The lowest BCUT2D eigenvalue weighted by Crippen LogP contribution is -2.30. The van der Waals surface area contributed by atoms with Gasteiger partial charge in [-0.1, -0.05) is 157 Å². The number of carbonyl (C=O) groups excluding carboxylic acids is 3. The van der Waals surface area contributed by atoms with Crippen LogP contribution in [0.5, 0.6) is 0 Å². The van der Waals surface area contributed by atoms with Crippen molar-refractivity contribution in [3.05, 3.63) is 97.2 Å². The summed E-state index contributed by atoms with van der Waals surface area (Å²) in [5.74, 6) is -0.992. The Hall–Kier alpha value is -3.67. The quantitative estimate of drug-likeness (QED) is 0.0267. The zero-order valence-corrected chi connectivity index (χ0v) is 36.6. The van der Waals surface area contributed by atoms with Crippen LogP contribution in [0.3, 0.4) is 0 Å². The minimum atomic E-state index is -0.809. The van der Waals surface area contributed by atoms with Gasteiger partial charge in [-0.25, -0.2) is 0 Å². The zero-order chi connectivity index (χ0) is 41.5. The molecule has 1 unspecified atom stereocenters. The molecule has 6 heteroatoms. The van der Waals surface area contributed by atoms with Crippen LogP contribution >= 0.6 is 0 Å². The van der Waals surface area contributed by atoms with E-state index in [9.17, 15) is 14.4 Å². The highest BCUT2D eigenvalue weighted by Gasteiger charge is 2.19. The molecular weight excluding hydrogens is 709 g/mol. The summed E-state index contributed by atoms with van der Waals surface area (Å²) in [5.41, 5.74) is 0. The van der Waals surface area contributed by atoms with Gasteiger partial charge in [-0.15, -0.1) is 0 Å². The summed E-state index contributed by atoms with van der Waals surface area (Å²) in [4.78, 5) is 37.8. The van der Waals surface area contributed by atoms with E-state index in [4.69, 9.17) is 14.2 Å². The summed E-state index contributed by atoms with van der Waals surface area (Å²) in [6, 6.07) is 0. The van der Waals surface area contributed by atoms with Crippen LogP contribution in [-0.4, -0.2) is 37.2 Å². The fourth-order valence-corrected chi connectivity index (χ4v) is 5.68. The first-order chi connectivity index (χ1) is 28.0. The van der Waals surface area contributed by atoms with Crippen LogP contribution in [0.25, 0.3) is 0 Å². The van der Waals surface area contributed by atoms with Crippen molar-refractivity contribution in [1.29, 1.82) is 0 Å². The van der Waals surface area contributed by atoms with Gasteiger partial charge in [-0.2, -0.15) is 0 Å². The van der Waals surface area contributed by atoms with Gasteiger partial charge in [0, 0.05) is 19.3 Å². The Morgan fingerprint density at radius 3 is 1.09 bits per heavy atom. The van der Waals surface area contributed by atoms with Crippen molar-refractivity contribution in [3.8, 4) is 0 Å². The third kappa shape index (κ3) is 43.3. The summed E-state index contributed by atoms with van der Waals surface area (Å²) in [7, 11) is 0. The highest BCUT2D eigenvalue weighted by Crippen LogP contribution is 2.12. The van der Waals surface area contributed by atoms with Crippen molar-refractivity contribution >= 4 is 17.9 Å². The van der Waals surface area contributed by atoms with Crippen LogP contribution < -0.4 is 0 Å². The second-order valence-electron chi connectivity index (χ2n) is 14.5. The molecule has 0 aliphatic rings. The fraction of sp³-hybridized carbons (Fsp3) is 0.627. The van der Waals surface area contributed by atoms with Gasteiger partial charge in [0.2, 0.25) is 0 Å². The highest BCUT2D eigenvalue weighted by atomic mass is 16.6. The van der Waals surface area contributed by atoms with Gasteiger partial charge in [-0.3, -0.25) is 14.4 Å². The smallest absolute Gasteiger partial charge is 0.306 e. The van der Waals surface area contributed by atoms with E-state index in [-0.39, 0.29) is 37.5 Å². The van der Waals surface area contributed by atoms with Crippen molar-refractivity contribution in [2.45, 2.75) is 194 Å². The summed E-state index contributed by atoms with van der Waals surface area (Å²) in [6.45, 7) is 6.25. The molecular formula is C51H82O6. The molecule has 0 radical (unpaired) electrons. The lowest BCUT2D eigenvalue weighted by molar-refractivity contribution is -0.167. The Labute approximate surface area is 349 Å². The number of allylic oxidation sites excluding steroid dienone is 16. The lowest BCUT2D eigenvalue weighted by atomic mass is 10.1. The van der Waals surface area contributed by atoms with Crippen molar-refractivity contribution in [1.82, 2.24) is 0 Å². The van der Waals surface area contributed by atoms with Gasteiger partial charge in [-0.05, 0) is 109 Å². The molecule has 0 aromatic heterocycles. The molecule has 0 heterocycles. The molecule has 0 aromatic rings. The minimum Gasteiger partial charge on any atom is -0.462 e. The largest absolute Gasteiger partial charge is 0.462 e. The summed E-state index contributed by atoms with van der Waals surface area (Å²) >= 11 is 0. The number of unbranched alkanes of at least 4 members (excludes halogenated alkanes) is 12. The molecule has 1 atom stereocenters. The third-order valence-electron chi connectivity index (χ3n) is 9.03. The summed E-state index contributed by atoms with van der Waals surface area (Å²) in [5, 5.41) is 0. The Morgan fingerprint density at radius 1 is 0.368 bits per heavy atom. The van der Waals surface area contributed by atoms with Crippen molar-refractivity contribution < 1.29 is 28.6 Å².